The van der Waals surface area contributed by atoms with Crippen LogP contribution in [0.1, 0.15) is 13.8 Å². The van der Waals surface area contributed by atoms with Gasteiger partial charge in [0.25, 0.3) is 0 Å². The van der Waals surface area contributed by atoms with Crippen LogP contribution in [-0.4, -0.2) is 0 Å². The number of hydrogen-bond acceptors (Lipinski definition) is 0. The van der Waals surface area contributed by atoms with Gasteiger partial charge in [0.2, 0.25) is 0 Å². The van der Waals surface area contributed by atoms with Crippen LogP contribution in [0.5, 0.6) is 0 Å². The molecule has 0 aromatic rings. The van der Waals surface area contributed by atoms with Crippen LogP contribution in [0.25, 0.3) is 0 Å². The van der Waals surface area contributed by atoms with E-state index in [1.807, 2.05) is 39.5 Å². The fraction of sp³-hybridized carbons (Fsp3) is 0.167. The smallest absolute Gasteiger partial charge is 0 e. The first-order chi connectivity index (χ1) is 8.91. The zero-order valence-electron chi connectivity index (χ0n) is 10.5. The zero-order chi connectivity index (χ0) is 16.8. The summed E-state index contributed by atoms with van der Waals surface area (Å²) < 4.78 is 45.0. The average molecular weight is 362 g/mol. The Morgan fingerprint density at radius 2 is 0.550 bits per heavy atom. The van der Waals surface area contributed by atoms with E-state index in [0.717, 1.165) is 0 Å². The van der Waals surface area contributed by atoms with Crippen molar-refractivity contribution in [1.82, 2.24) is 0 Å². The Kier molecular flexibility index (Phi) is 1410. The summed E-state index contributed by atoms with van der Waals surface area (Å²) in [5.41, 5.74) is 0. The summed E-state index contributed by atoms with van der Waals surface area (Å²) in [6.07, 6.45) is 8.00. The van der Waals surface area contributed by atoms with E-state index in [4.69, 9.17) is 27.9 Å². The molecular formula is C12H10Fe2O6. The predicted octanol–water partition coefficient (Wildman–Crippen LogP) is 1.61. The first-order valence-corrected chi connectivity index (χ1v) is 3.38. The van der Waals surface area contributed by atoms with Crippen molar-refractivity contribution in [3.05, 3.63) is 65.6 Å². The molecule has 0 saturated heterocycles. The monoisotopic (exact) mass is 362 g/mol. The average Bonchev–Trinajstić information content (AvgIpc) is 2.57. The van der Waals surface area contributed by atoms with Crippen LogP contribution in [0.3, 0.4) is 0 Å². The van der Waals surface area contributed by atoms with Gasteiger partial charge in [0.15, 0.2) is 0 Å². The van der Waals surface area contributed by atoms with Crippen molar-refractivity contribution in [3.8, 4) is 0 Å². The summed E-state index contributed by atoms with van der Waals surface area (Å²) in [4.78, 5) is 0. The fourth-order valence-electron chi connectivity index (χ4n) is 0.222. The van der Waals surface area contributed by atoms with Crippen molar-refractivity contribution in [2.24, 2.45) is 0 Å². The van der Waals surface area contributed by atoms with Gasteiger partial charge in [0, 0.05) is 34.1 Å². The summed E-state index contributed by atoms with van der Waals surface area (Å²) in [7, 11) is 0. The van der Waals surface area contributed by atoms with Gasteiger partial charge in [-0.05, 0) is 25.7 Å². The minimum absolute atomic E-state index is 0. The van der Waals surface area contributed by atoms with Gasteiger partial charge in [-0.1, -0.05) is 13.8 Å². The van der Waals surface area contributed by atoms with Gasteiger partial charge in [0.05, 0.1) is 0 Å². The number of unbranched alkanes of at least 4 members (excludes halogenated alkanes) is 3. The van der Waals surface area contributed by atoms with Crippen molar-refractivity contribution in [1.29, 1.82) is 0 Å². The summed E-state index contributed by atoms with van der Waals surface area (Å²) in [6, 6.07) is 0. The summed E-state index contributed by atoms with van der Waals surface area (Å²) in [5, 5.41) is 0. The molecule has 0 aromatic carbocycles. The van der Waals surface area contributed by atoms with E-state index in [2.05, 4.69) is 39.9 Å². The molecule has 20 heavy (non-hydrogen) atoms. The second-order valence-corrected chi connectivity index (χ2v) is 1.05. The van der Waals surface area contributed by atoms with Crippen molar-refractivity contribution >= 4 is 0 Å². The van der Waals surface area contributed by atoms with Crippen molar-refractivity contribution in [2.75, 3.05) is 0 Å². The van der Waals surface area contributed by atoms with Gasteiger partial charge in [-0.15, -0.1) is 0 Å². The first-order valence-electron chi connectivity index (χ1n) is 3.38. The predicted molar refractivity (Wildman–Crippen MR) is 52.1 cm³/mol. The van der Waals surface area contributed by atoms with Crippen molar-refractivity contribution < 1.29 is 62.1 Å². The van der Waals surface area contributed by atoms with E-state index in [9.17, 15) is 0 Å². The summed E-state index contributed by atoms with van der Waals surface area (Å²) in [6.45, 7) is 31.0. The molecule has 0 aliphatic rings. The molecule has 0 spiro atoms. The van der Waals surface area contributed by atoms with Gasteiger partial charge in [-0.2, -0.15) is 0 Å². The molecule has 8 heteroatoms. The summed E-state index contributed by atoms with van der Waals surface area (Å²) in [5.74, 6) is 0. The van der Waals surface area contributed by atoms with Crippen LogP contribution in [0.2, 0.25) is 0 Å². The minimum Gasteiger partial charge on any atom is 0 e. The van der Waals surface area contributed by atoms with E-state index in [1.165, 1.54) is 0 Å². The van der Waals surface area contributed by atoms with Gasteiger partial charge < -0.3 is 0 Å². The summed E-state index contributed by atoms with van der Waals surface area (Å²) >= 11 is 0. The van der Waals surface area contributed by atoms with Gasteiger partial charge in [-0.25, -0.2) is 0 Å². The molecule has 6 nitrogen and oxygen atoms in total. The number of hydrogen-bond donors (Lipinski definition) is 0. The largest absolute Gasteiger partial charge is 0 e. The molecule has 0 bridgehead atoms. The fourth-order valence-corrected chi connectivity index (χ4v) is 0.222. The molecule has 0 N–H and O–H groups in total. The Morgan fingerprint density at radius 3 is 0.600 bits per heavy atom. The molecule has 110 valence electrons. The van der Waals surface area contributed by atoms with Gasteiger partial charge in [0.1, 0.15) is 0 Å². The first kappa shape index (κ1) is 60.6. The van der Waals surface area contributed by atoms with E-state index >= 15 is 0 Å². The SMILES string of the molecule is C[CH][CH][CH][CH]C.[C-]#[O+].[C-]#[O+].[C-]#[O+].[C-]#[O+].[C-]#[O+].[C-]#[O+].[Fe].[Fe]. The molecule has 0 atom stereocenters. The Labute approximate surface area is 141 Å². The van der Waals surface area contributed by atoms with E-state index in [-0.39, 0.29) is 34.1 Å². The molecule has 0 rings (SSSR count). The van der Waals surface area contributed by atoms with Crippen LogP contribution >= 0.6 is 0 Å². The molecule has 0 fully saturated rings. The van der Waals surface area contributed by atoms with Gasteiger partial charge >= 0.3 is 67.8 Å². The van der Waals surface area contributed by atoms with E-state index in [1.54, 1.807) is 0 Å². The second-order valence-electron chi connectivity index (χ2n) is 1.05. The van der Waals surface area contributed by atoms with E-state index < -0.39 is 0 Å². The number of rotatable bonds is 3. The zero-order valence-corrected chi connectivity index (χ0v) is 12.7. The maximum absolute atomic E-state index is 7.50. The molecule has 0 saturated carbocycles. The Morgan fingerprint density at radius 1 is 0.450 bits per heavy atom. The molecule has 0 aliphatic heterocycles. The Hall–Kier alpha value is -0.521. The van der Waals surface area contributed by atoms with Crippen molar-refractivity contribution in [2.45, 2.75) is 13.8 Å². The molecule has 0 aromatic heterocycles. The molecular weight excluding hydrogens is 352 g/mol. The van der Waals surface area contributed by atoms with Crippen LogP contribution in [0.4, 0.5) is 0 Å². The minimum atomic E-state index is 0. The third kappa shape index (κ3) is 772. The molecule has 0 unspecified atom stereocenters. The van der Waals surface area contributed by atoms with Crippen LogP contribution < -0.4 is 0 Å². The maximum Gasteiger partial charge on any atom is 0 e. The maximum atomic E-state index is 7.50. The third-order valence-electron chi connectivity index (χ3n) is 0.496. The molecule has 0 amide bonds. The topological polar surface area (TPSA) is 119 Å². The van der Waals surface area contributed by atoms with E-state index in [0.29, 0.717) is 0 Å². The standard InChI is InChI=1S/C6H10.6CO.2Fe/c1-3-5-6-4-2;6*1-2;;/h3-6H,1-2H3;;;;;;;;. The van der Waals surface area contributed by atoms with Crippen LogP contribution in [0, 0.1) is 65.6 Å². The molecule has 0 aliphatic carbocycles. The van der Waals surface area contributed by atoms with Gasteiger partial charge in [-0.3, -0.25) is 0 Å². The Bertz CT molecular complexity index is 143. The quantitative estimate of drug-likeness (QED) is 0.314. The van der Waals surface area contributed by atoms with Crippen LogP contribution in [0.15, 0.2) is 0 Å². The molecule has 4 radical (unpaired) electrons. The molecule has 0 heterocycles. The second kappa shape index (κ2) is 466. The van der Waals surface area contributed by atoms with Crippen molar-refractivity contribution in [3.63, 3.8) is 0 Å². The van der Waals surface area contributed by atoms with Crippen LogP contribution in [-0.2, 0) is 62.1 Å². The third-order valence-corrected chi connectivity index (χ3v) is 0.496. The Balaban J connectivity index is -0.0000000109. The normalized spacial score (nSPS) is 3.30.